The van der Waals surface area contributed by atoms with Crippen molar-refractivity contribution in [3.05, 3.63) is 0 Å². The van der Waals surface area contributed by atoms with Gasteiger partial charge in [-0.1, -0.05) is 62.3 Å². The third-order valence-electron chi connectivity index (χ3n) is 5.17. The molecular weight excluding hydrogens is 204 g/mol. The molecule has 1 fully saturated rings. The zero-order valence-corrected chi connectivity index (χ0v) is 13.7. The lowest BCUT2D eigenvalue weighted by Gasteiger charge is -2.53. The lowest BCUT2D eigenvalue weighted by Crippen LogP contribution is -2.44. The van der Waals surface area contributed by atoms with Crippen LogP contribution in [0, 0.1) is 27.6 Å². The Balaban J connectivity index is 3.12. The van der Waals surface area contributed by atoms with E-state index in [4.69, 9.17) is 0 Å². The molecule has 0 aromatic rings. The van der Waals surface area contributed by atoms with Crippen molar-refractivity contribution in [1.29, 1.82) is 0 Å². The van der Waals surface area contributed by atoms with Crippen LogP contribution in [0.3, 0.4) is 0 Å². The average Bonchev–Trinajstić information content (AvgIpc) is 1.93. The van der Waals surface area contributed by atoms with Crippen LogP contribution in [-0.2, 0) is 0 Å². The van der Waals surface area contributed by atoms with Crippen LogP contribution in [0.4, 0.5) is 0 Å². The summed E-state index contributed by atoms with van der Waals surface area (Å²) in [5, 5.41) is 0. The fraction of sp³-hybridized carbons (Fsp3) is 1.00. The molecule has 0 amide bonds. The summed E-state index contributed by atoms with van der Waals surface area (Å²) in [5.41, 5.74) is 1.84. The molecule has 0 spiro atoms. The summed E-state index contributed by atoms with van der Waals surface area (Å²) in [6, 6.07) is 0. The third-order valence-corrected chi connectivity index (χ3v) is 5.17. The standard InChI is InChI=1S/C17H34/c1-13-16(6,7)11-14(2,3)10-15(4,5)12-17(13,8)9/h13H,10-12H2,1-9H3. The van der Waals surface area contributed by atoms with E-state index in [-0.39, 0.29) is 0 Å². The first-order chi connectivity index (χ1) is 7.28. The van der Waals surface area contributed by atoms with Crippen molar-refractivity contribution in [3.8, 4) is 0 Å². The lowest BCUT2D eigenvalue weighted by atomic mass is 9.52. The maximum Gasteiger partial charge on any atom is -0.0318 e. The molecule has 0 nitrogen and oxygen atoms in total. The largest absolute Gasteiger partial charge is 0.0615 e. The molecule has 0 saturated heterocycles. The predicted octanol–water partition coefficient (Wildman–Crippen LogP) is 5.91. The molecule has 102 valence electrons. The van der Waals surface area contributed by atoms with Gasteiger partial charge in [-0.15, -0.1) is 0 Å². The number of rotatable bonds is 0. The second-order valence-corrected chi connectivity index (χ2v) is 9.56. The Bertz CT molecular complexity index is 250. The molecular formula is C17H34. The summed E-state index contributed by atoms with van der Waals surface area (Å²) in [4.78, 5) is 0. The van der Waals surface area contributed by atoms with Gasteiger partial charge in [-0.05, 0) is 46.8 Å². The van der Waals surface area contributed by atoms with Gasteiger partial charge in [-0.2, -0.15) is 0 Å². The molecule has 0 aromatic carbocycles. The van der Waals surface area contributed by atoms with Crippen molar-refractivity contribution in [3.63, 3.8) is 0 Å². The van der Waals surface area contributed by atoms with Gasteiger partial charge >= 0.3 is 0 Å². The maximum atomic E-state index is 2.47. The van der Waals surface area contributed by atoms with Crippen LogP contribution in [0.1, 0.15) is 81.6 Å². The fourth-order valence-corrected chi connectivity index (χ4v) is 5.25. The monoisotopic (exact) mass is 238 g/mol. The first-order valence-corrected chi connectivity index (χ1v) is 7.28. The highest BCUT2D eigenvalue weighted by Crippen LogP contribution is 2.56. The average molecular weight is 238 g/mol. The molecule has 17 heavy (non-hydrogen) atoms. The molecule has 0 unspecified atom stereocenters. The van der Waals surface area contributed by atoms with Gasteiger partial charge in [-0.3, -0.25) is 0 Å². The molecule has 0 bridgehead atoms. The predicted molar refractivity (Wildman–Crippen MR) is 78.1 cm³/mol. The van der Waals surface area contributed by atoms with Crippen LogP contribution < -0.4 is 0 Å². The molecule has 1 aliphatic rings. The van der Waals surface area contributed by atoms with E-state index in [1.165, 1.54) is 19.3 Å². The summed E-state index contributed by atoms with van der Waals surface area (Å²) < 4.78 is 0. The molecule has 0 aliphatic heterocycles. The van der Waals surface area contributed by atoms with Gasteiger partial charge in [0.15, 0.2) is 0 Å². The van der Waals surface area contributed by atoms with E-state index in [1.54, 1.807) is 0 Å². The lowest BCUT2D eigenvalue weighted by molar-refractivity contribution is -0.0301. The van der Waals surface area contributed by atoms with Crippen LogP contribution in [0.25, 0.3) is 0 Å². The molecule has 0 atom stereocenters. The Labute approximate surface area is 110 Å². The molecule has 1 aliphatic carbocycles. The topological polar surface area (TPSA) is 0 Å². The molecule has 0 heteroatoms. The first kappa shape index (κ1) is 15.1. The second kappa shape index (κ2) is 4.00. The van der Waals surface area contributed by atoms with Crippen molar-refractivity contribution in [2.24, 2.45) is 27.6 Å². The minimum absolute atomic E-state index is 0.448. The van der Waals surface area contributed by atoms with E-state index in [9.17, 15) is 0 Å². The maximum absolute atomic E-state index is 2.47. The molecule has 0 N–H and O–H groups in total. The van der Waals surface area contributed by atoms with Crippen LogP contribution >= 0.6 is 0 Å². The van der Waals surface area contributed by atoms with Crippen molar-refractivity contribution < 1.29 is 0 Å². The van der Waals surface area contributed by atoms with E-state index in [1.807, 2.05) is 0 Å². The van der Waals surface area contributed by atoms with Crippen LogP contribution in [0.2, 0.25) is 0 Å². The fourth-order valence-electron chi connectivity index (χ4n) is 5.25. The zero-order valence-electron chi connectivity index (χ0n) is 13.7. The van der Waals surface area contributed by atoms with Gasteiger partial charge in [0, 0.05) is 0 Å². The Kier molecular flexibility index (Phi) is 3.54. The van der Waals surface area contributed by atoms with Crippen LogP contribution in [-0.4, -0.2) is 0 Å². The minimum Gasteiger partial charge on any atom is -0.0615 e. The summed E-state index contributed by atoms with van der Waals surface area (Å²) in [6.45, 7) is 22.2. The highest BCUT2D eigenvalue weighted by Gasteiger charge is 2.46. The van der Waals surface area contributed by atoms with Crippen LogP contribution in [0.5, 0.6) is 0 Å². The van der Waals surface area contributed by atoms with Gasteiger partial charge in [0.1, 0.15) is 0 Å². The molecule has 1 saturated carbocycles. The summed E-state index contributed by atoms with van der Waals surface area (Å²) in [5.74, 6) is 0.772. The van der Waals surface area contributed by atoms with Gasteiger partial charge in [0.2, 0.25) is 0 Å². The number of hydrogen-bond donors (Lipinski definition) is 0. The Morgan fingerprint density at radius 3 is 1.18 bits per heavy atom. The van der Waals surface area contributed by atoms with Crippen LogP contribution in [0.15, 0.2) is 0 Å². The SMILES string of the molecule is CC1C(C)(C)CC(C)(C)CC(C)(C)CC1(C)C. The van der Waals surface area contributed by atoms with E-state index in [0.717, 1.165) is 5.92 Å². The van der Waals surface area contributed by atoms with Crippen molar-refractivity contribution in [1.82, 2.24) is 0 Å². The summed E-state index contributed by atoms with van der Waals surface area (Å²) >= 11 is 0. The van der Waals surface area contributed by atoms with E-state index in [0.29, 0.717) is 21.7 Å². The second-order valence-electron chi connectivity index (χ2n) is 9.56. The van der Waals surface area contributed by atoms with Gasteiger partial charge in [-0.25, -0.2) is 0 Å². The molecule has 1 rings (SSSR count). The van der Waals surface area contributed by atoms with E-state index < -0.39 is 0 Å². The summed E-state index contributed by atoms with van der Waals surface area (Å²) in [7, 11) is 0. The number of hydrogen-bond acceptors (Lipinski definition) is 0. The highest BCUT2D eigenvalue weighted by atomic mass is 14.5. The van der Waals surface area contributed by atoms with E-state index in [2.05, 4.69) is 62.3 Å². The Morgan fingerprint density at radius 2 is 0.882 bits per heavy atom. The Hall–Kier alpha value is 0. The van der Waals surface area contributed by atoms with Gasteiger partial charge in [0.05, 0.1) is 0 Å². The molecule has 0 aromatic heterocycles. The van der Waals surface area contributed by atoms with Crippen molar-refractivity contribution in [2.75, 3.05) is 0 Å². The first-order valence-electron chi connectivity index (χ1n) is 7.28. The van der Waals surface area contributed by atoms with E-state index >= 15 is 0 Å². The molecule has 0 heterocycles. The van der Waals surface area contributed by atoms with Crippen molar-refractivity contribution >= 4 is 0 Å². The minimum atomic E-state index is 0.448. The molecule has 0 radical (unpaired) electrons. The van der Waals surface area contributed by atoms with Gasteiger partial charge in [0.25, 0.3) is 0 Å². The third kappa shape index (κ3) is 3.48. The van der Waals surface area contributed by atoms with Gasteiger partial charge < -0.3 is 0 Å². The Morgan fingerprint density at radius 1 is 0.588 bits per heavy atom. The summed E-state index contributed by atoms with van der Waals surface area (Å²) in [6.07, 6.45) is 4.03. The quantitative estimate of drug-likeness (QED) is 0.492. The zero-order chi connectivity index (χ0) is 13.7. The highest BCUT2D eigenvalue weighted by molar-refractivity contribution is 4.96. The van der Waals surface area contributed by atoms with Crippen molar-refractivity contribution in [2.45, 2.75) is 81.6 Å². The normalized spacial score (nSPS) is 31.6. The smallest absolute Gasteiger partial charge is 0.0318 e.